The van der Waals surface area contributed by atoms with Crippen LogP contribution in [0.1, 0.15) is 24.7 Å². The number of hydrogen-bond acceptors (Lipinski definition) is 5. The molecule has 0 saturated carbocycles. The molecule has 0 atom stereocenters. The standard InChI is InChI=1S/C18H21N5O/c1-2-5-15(6-3-1)17-20-18(24-21-17)16-7-11-22(12-8-16)13-14-23-10-4-9-19-23/h1-6,9-10,16H,7-8,11-14H2. The predicted molar refractivity (Wildman–Crippen MR) is 90.4 cm³/mol. The summed E-state index contributed by atoms with van der Waals surface area (Å²) in [6, 6.07) is 11.9. The third-order valence-electron chi connectivity index (χ3n) is 4.62. The number of hydrogen-bond donors (Lipinski definition) is 0. The largest absolute Gasteiger partial charge is 0.339 e. The van der Waals surface area contributed by atoms with E-state index in [1.165, 1.54) is 0 Å². The van der Waals surface area contributed by atoms with Gasteiger partial charge in [0.15, 0.2) is 0 Å². The third-order valence-corrected chi connectivity index (χ3v) is 4.62. The SMILES string of the molecule is c1ccc(-c2noc(C3CCN(CCn4cccn4)CC3)n2)cc1. The molecule has 3 heterocycles. The number of benzene rings is 1. The van der Waals surface area contributed by atoms with Crippen molar-refractivity contribution in [2.75, 3.05) is 19.6 Å². The molecule has 6 nitrogen and oxygen atoms in total. The van der Waals surface area contributed by atoms with Crippen molar-refractivity contribution in [1.82, 2.24) is 24.8 Å². The molecule has 2 aromatic heterocycles. The monoisotopic (exact) mass is 323 g/mol. The predicted octanol–water partition coefficient (Wildman–Crippen LogP) is 2.81. The highest BCUT2D eigenvalue weighted by Gasteiger charge is 2.25. The van der Waals surface area contributed by atoms with E-state index in [1.54, 1.807) is 0 Å². The Labute approximate surface area is 141 Å². The molecule has 0 spiro atoms. The number of aromatic nitrogens is 4. The first-order valence-corrected chi connectivity index (χ1v) is 8.47. The van der Waals surface area contributed by atoms with Crippen molar-refractivity contribution in [3.63, 3.8) is 0 Å². The zero-order valence-electron chi connectivity index (χ0n) is 13.6. The summed E-state index contributed by atoms with van der Waals surface area (Å²) in [5, 5.41) is 8.39. The molecular weight excluding hydrogens is 302 g/mol. The fraction of sp³-hybridized carbons (Fsp3) is 0.389. The fourth-order valence-corrected chi connectivity index (χ4v) is 3.19. The van der Waals surface area contributed by atoms with E-state index in [0.29, 0.717) is 11.7 Å². The van der Waals surface area contributed by atoms with E-state index in [4.69, 9.17) is 4.52 Å². The maximum atomic E-state index is 5.52. The number of likely N-dealkylation sites (tertiary alicyclic amines) is 1. The van der Waals surface area contributed by atoms with Crippen molar-refractivity contribution in [2.24, 2.45) is 0 Å². The minimum absolute atomic E-state index is 0.371. The molecule has 1 aliphatic heterocycles. The maximum Gasteiger partial charge on any atom is 0.230 e. The molecule has 0 radical (unpaired) electrons. The summed E-state index contributed by atoms with van der Waals surface area (Å²) in [6.07, 6.45) is 5.97. The van der Waals surface area contributed by atoms with Gasteiger partial charge >= 0.3 is 0 Å². The molecule has 0 bridgehead atoms. The van der Waals surface area contributed by atoms with E-state index in [1.807, 2.05) is 53.5 Å². The van der Waals surface area contributed by atoms with Crippen LogP contribution in [0.3, 0.4) is 0 Å². The molecule has 4 rings (SSSR count). The van der Waals surface area contributed by atoms with Crippen molar-refractivity contribution in [3.05, 3.63) is 54.7 Å². The quantitative estimate of drug-likeness (QED) is 0.722. The minimum atomic E-state index is 0.371. The molecular formula is C18H21N5O. The second kappa shape index (κ2) is 6.97. The first-order chi connectivity index (χ1) is 11.9. The van der Waals surface area contributed by atoms with Crippen molar-refractivity contribution < 1.29 is 4.52 Å². The molecule has 6 heteroatoms. The summed E-state index contributed by atoms with van der Waals surface area (Å²) in [5.74, 6) is 1.84. The van der Waals surface area contributed by atoms with Crippen molar-refractivity contribution >= 4 is 0 Å². The molecule has 3 aromatic rings. The van der Waals surface area contributed by atoms with Crippen LogP contribution in [0, 0.1) is 0 Å². The first kappa shape index (κ1) is 15.1. The lowest BCUT2D eigenvalue weighted by molar-refractivity contribution is 0.187. The first-order valence-electron chi connectivity index (χ1n) is 8.47. The van der Waals surface area contributed by atoms with Crippen LogP contribution in [0.25, 0.3) is 11.4 Å². The van der Waals surface area contributed by atoms with Crippen molar-refractivity contribution in [3.8, 4) is 11.4 Å². The molecule has 0 aliphatic carbocycles. The number of rotatable bonds is 5. The normalized spacial score (nSPS) is 16.5. The fourth-order valence-electron chi connectivity index (χ4n) is 3.19. The summed E-state index contributed by atoms with van der Waals surface area (Å²) < 4.78 is 7.50. The Balaban J connectivity index is 1.32. The minimum Gasteiger partial charge on any atom is -0.339 e. The molecule has 1 fully saturated rings. The van der Waals surface area contributed by atoms with Crippen molar-refractivity contribution in [2.45, 2.75) is 25.3 Å². The van der Waals surface area contributed by atoms with Gasteiger partial charge in [-0.1, -0.05) is 35.5 Å². The van der Waals surface area contributed by atoms with Crippen LogP contribution in [0.4, 0.5) is 0 Å². The van der Waals surface area contributed by atoms with Crippen LogP contribution in [-0.2, 0) is 6.54 Å². The summed E-state index contributed by atoms with van der Waals surface area (Å²) in [6.45, 7) is 4.11. The van der Waals surface area contributed by atoms with Gasteiger partial charge in [0.25, 0.3) is 0 Å². The summed E-state index contributed by atoms with van der Waals surface area (Å²) in [7, 11) is 0. The van der Waals surface area contributed by atoms with Crippen LogP contribution in [0.2, 0.25) is 0 Å². The van der Waals surface area contributed by atoms with Gasteiger partial charge in [-0.3, -0.25) is 4.68 Å². The van der Waals surface area contributed by atoms with Crippen molar-refractivity contribution in [1.29, 1.82) is 0 Å². The molecule has 0 unspecified atom stereocenters. The van der Waals surface area contributed by atoms with Gasteiger partial charge in [-0.15, -0.1) is 0 Å². The van der Waals surface area contributed by atoms with Gasteiger partial charge in [0.2, 0.25) is 11.7 Å². The Morgan fingerprint density at radius 3 is 2.62 bits per heavy atom. The zero-order valence-corrected chi connectivity index (χ0v) is 13.6. The van der Waals surface area contributed by atoms with E-state index in [9.17, 15) is 0 Å². The van der Waals surface area contributed by atoms with Gasteiger partial charge in [-0.2, -0.15) is 10.1 Å². The average Bonchev–Trinajstić information content (AvgIpc) is 3.33. The highest BCUT2D eigenvalue weighted by Crippen LogP contribution is 2.28. The van der Waals surface area contributed by atoms with Gasteiger partial charge in [-0.05, 0) is 32.0 Å². The summed E-state index contributed by atoms with van der Waals surface area (Å²) >= 11 is 0. The van der Waals surface area contributed by atoms with Gasteiger partial charge in [0.1, 0.15) is 0 Å². The number of piperidine rings is 1. The Morgan fingerprint density at radius 1 is 1.04 bits per heavy atom. The Hall–Kier alpha value is -2.47. The van der Waals surface area contributed by atoms with Crippen LogP contribution in [0.5, 0.6) is 0 Å². The topological polar surface area (TPSA) is 60.0 Å². The van der Waals surface area contributed by atoms with E-state index in [2.05, 4.69) is 20.1 Å². The van der Waals surface area contributed by atoms with Crippen LogP contribution >= 0.6 is 0 Å². The lowest BCUT2D eigenvalue weighted by Crippen LogP contribution is -2.35. The average molecular weight is 323 g/mol. The highest BCUT2D eigenvalue weighted by atomic mass is 16.5. The molecule has 0 N–H and O–H groups in total. The van der Waals surface area contributed by atoms with Gasteiger partial charge < -0.3 is 9.42 Å². The summed E-state index contributed by atoms with van der Waals surface area (Å²) in [5.41, 5.74) is 1.00. The smallest absolute Gasteiger partial charge is 0.230 e. The van der Waals surface area contributed by atoms with Gasteiger partial charge in [0, 0.05) is 30.4 Å². The van der Waals surface area contributed by atoms with E-state index < -0.39 is 0 Å². The highest BCUT2D eigenvalue weighted by molar-refractivity contribution is 5.53. The molecule has 0 amide bonds. The Morgan fingerprint density at radius 2 is 1.88 bits per heavy atom. The molecule has 1 saturated heterocycles. The van der Waals surface area contributed by atoms with Gasteiger partial charge in [0.05, 0.1) is 6.54 Å². The Bertz CT molecular complexity index is 745. The maximum absolute atomic E-state index is 5.52. The number of nitrogens with zero attached hydrogens (tertiary/aromatic N) is 5. The Kier molecular flexibility index (Phi) is 4.38. The van der Waals surface area contributed by atoms with Gasteiger partial charge in [-0.25, -0.2) is 0 Å². The van der Waals surface area contributed by atoms with Crippen LogP contribution in [-0.4, -0.2) is 44.5 Å². The lowest BCUT2D eigenvalue weighted by Gasteiger charge is -2.30. The second-order valence-corrected chi connectivity index (χ2v) is 6.21. The zero-order chi connectivity index (χ0) is 16.2. The molecule has 1 aliphatic rings. The lowest BCUT2D eigenvalue weighted by atomic mass is 9.97. The molecule has 124 valence electrons. The van der Waals surface area contributed by atoms with E-state index in [0.717, 1.165) is 50.5 Å². The van der Waals surface area contributed by atoms with Crippen LogP contribution < -0.4 is 0 Å². The molecule has 24 heavy (non-hydrogen) atoms. The second-order valence-electron chi connectivity index (χ2n) is 6.21. The van der Waals surface area contributed by atoms with E-state index in [-0.39, 0.29) is 0 Å². The summed E-state index contributed by atoms with van der Waals surface area (Å²) in [4.78, 5) is 7.08. The van der Waals surface area contributed by atoms with E-state index >= 15 is 0 Å². The third kappa shape index (κ3) is 3.38. The molecule has 1 aromatic carbocycles. The van der Waals surface area contributed by atoms with Crippen LogP contribution in [0.15, 0.2) is 53.3 Å².